The quantitative estimate of drug-likeness (QED) is 0.632. The number of carbonyl (C=O) groups is 1. The average molecular weight is 469 g/mol. The van der Waals surface area contributed by atoms with Gasteiger partial charge < -0.3 is 15.5 Å². The van der Waals surface area contributed by atoms with E-state index in [4.69, 9.17) is 5.73 Å². The van der Waals surface area contributed by atoms with Crippen LogP contribution in [0, 0.1) is 0 Å². The topological polar surface area (TPSA) is 49.6 Å². The number of halogens is 2. The maximum absolute atomic E-state index is 11.5. The van der Waals surface area contributed by atoms with Crippen LogP contribution in [0.15, 0.2) is 0 Å². The number of nitrogens with zero attached hydrogens (tertiary/aromatic N) is 2. The lowest BCUT2D eigenvalue weighted by atomic mass is 10.2. The normalized spacial score (nSPS) is 20.6. The number of carbonyl (C=O) groups excluding carboxylic acids is 1. The standard InChI is InChI=1S/C9H19N3O.C2H6.I2/c1-7(10)9(13)12(3)8-4-5-11(2)6-8;2*1-2/h7-8H,4-6,10H2,1-3H3;1-2H3;. The molecule has 1 amide bonds. The van der Waals surface area contributed by atoms with Crippen molar-refractivity contribution in [3.63, 3.8) is 0 Å². The zero-order valence-corrected chi connectivity index (χ0v) is 15.7. The van der Waals surface area contributed by atoms with E-state index >= 15 is 0 Å². The summed E-state index contributed by atoms with van der Waals surface area (Å²) in [6.45, 7) is 7.77. The van der Waals surface area contributed by atoms with Crippen LogP contribution in [-0.2, 0) is 4.79 Å². The van der Waals surface area contributed by atoms with Crippen molar-refractivity contribution in [2.24, 2.45) is 5.73 Å². The van der Waals surface area contributed by atoms with Gasteiger partial charge in [0.25, 0.3) is 0 Å². The summed E-state index contributed by atoms with van der Waals surface area (Å²) < 4.78 is 0. The fourth-order valence-corrected chi connectivity index (χ4v) is 1.73. The molecule has 1 heterocycles. The van der Waals surface area contributed by atoms with E-state index in [2.05, 4.69) is 49.2 Å². The number of nitrogens with two attached hydrogens (primary N) is 1. The van der Waals surface area contributed by atoms with Gasteiger partial charge in [0.2, 0.25) is 5.91 Å². The van der Waals surface area contributed by atoms with Crippen LogP contribution >= 0.6 is 37.2 Å². The van der Waals surface area contributed by atoms with Crippen molar-refractivity contribution in [2.75, 3.05) is 27.2 Å². The van der Waals surface area contributed by atoms with Crippen molar-refractivity contribution < 1.29 is 4.79 Å². The van der Waals surface area contributed by atoms with E-state index in [1.54, 1.807) is 11.8 Å². The van der Waals surface area contributed by atoms with E-state index in [1.165, 1.54) is 0 Å². The van der Waals surface area contributed by atoms with E-state index in [0.29, 0.717) is 6.04 Å². The molecule has 1 fully saturated rings. The first kappa shape index (κ1) is 20.2. The summed E-state index contributed by atoms with van der Waals surface area (Å²) in [5.74, 6) is 0.0419. The molecule has 0 aromatic carbocycles. The van der Waals surface area contributed by atoms with Crippen LogP contribution in [0.1, 0.15) is 27.2 Å². The molecule has 2 N–H and O–H groups in total. The van der Waals surface area contributed by atoms with Crippen LogP contribution < -0.4 is 5.73 Å². The van der Waals surface area contributed by atoms with Gasteiger partial charge in [0.05, 0.1) is 6.04 Å². The molecule has 1 rings (SSSR count). The minimum atomic E-state index is -0.379. The summed E-state index contributed by atoms with van der Waals surface area (Å²) in [4.78, 5) is 15.5. The van der Waals surface area contributed by atoms with Gasteiger partial charge in [-0.15, -0.1) is 0 Å². The third-order valence-corrected chi connectivity index (χ3v) is 2.65. The number of hydrogen-bond donors (Lipinski definition) is 1. The molecule has 6 heteroatoms. The van der Waals surface area contributed by atoms with Crippen molar-refractivity contribution in [2.45, 2.75) is 39.3 Å². The number of likely N-dealkylation sites (tertiary alicyclic amines) is 1. The molecule has 0 radical (unpaired) electrons. The molecule has 0 bridgehead atoms. The van der Waals surface area contributed by atoms with Gasteiger partial charge in [-0.1, -0.05) is 13.8 Å². The lowest BCUT2D eigenvalue weighted by Crippen LogP contribution is -2.46. The first-order valence-corrected chi connectivity index (χ1v) is 12.2. The van der Waals surface area contributed by atoms with E-state index < -0.39 is 0 Å². The second kappa shape index (κ2) is 11.9. The van der Waals surface area contributed by atoms with Crippen LogP contribution in [0.2, 0.25) is 0 Å². The molecule has 1 saturated heterocycles. The fraction of sp³-hybridized carbons (Fsp3) is 0.909. The van der Waals surface area contributed by atoms with Gasteiger partial charge >= 0.3 is 0 Å². The number of rotatable bonds is 2. The van der Waals surface area contributed by atoms with E-state index in [0.717, 1.165) is 19.5 Å². The molecule has 17 heavy (non-hydrogen) atoms. The zero-order chi connectivity index (χ0) is 14.0. The highest BCUT2D eigenvalue weighted by Crippen LogP contribution is 2.12. The first-order valence-electron chi connectivity index (χ1n) is 5.87. The summed E-state index contributed by atoms with van der Waals surface area (Å²) in [7, 11) is 3.92. The molecule has 0 aliphatic carbocycles. The molecule has 2 atom stereocenters. The fourth-order valence-electron chi connectivity index (χ4n) is 1.73. The highest BCUT2D eigenvalue weighted by molar-refractivity contribution is 15.0. The third kappa shape index (κ3) is 7.78. The molecule has 0 spiro atoms. The molecule has 0 saturated carbocycles. The summed E-state index contributed by atoms with van der Waals surface area (Å²) in [5, 5.41) is 0. The zero-order valence-electron chi connectivity index (χ0n) is 11.4. The lowest BCUT2D eigenvalue weighted by Gasteiger charge is -2.25. The monoisotopic (exact) mass is 469 g/mol. The van der Waals surface area contributed by atoms with Crippen LogP contribution in [0.4, 0.5) is 0 Å². The van der Waals surface area contributed by atoms with Gasteiger partial charge in [0, 0.05) is 56.9 Å². The molecular weight excluding hydrogens is 444 g/mol. The third-order valence-electron chi connectivity index (χ3n) is 2.65. The van der Waals surface area contributed by atoms with Crippen LogP contribution in [0.3, 0.4) is 0 Å². The second-order valence-corrected chi connectivity index (χ2v) is 3.94. The smallest absolute Gasteiger partial charge is 0.239 e. The molecule has 0 aromatic heterocycles. The molecular formula is C11H25I2N3O. The van der Waals surface area contributed by atoms with Crippen molar-refractivity contribution in [1.29, 1.82) is 0 Å². The summed E-state index contributed by atoms with van der Waals surface area (Å²) in [6, 6.07) is -0.0283. The van der Waals surface area contributed by atoms with Crippen LogP contribution in [0.5, 0.6) is 0 Å². The van der Waals surface area contributed by atoms with Crippen molar-refractivity contribution in [1.82, 2.24) is 9.80 Å². The number of hydrogen-bond acceptors (Lipinski definition) is 3. The Morgan fingerprint density at radius 3 is 2.24 bits per heavy atom. The Morgan fingerprint density at radius 2 is 1.94 bits per heavy atom. The van der Waals surface area contributed by atoms with Gasteiger partial charge in [-0.25, -0.2) is 0 Å². The Labute approximate surface area is 129 Å². The van der Waals surface area contributed by atoms with Gasteiger partial charge in [-0.3, -0.25) is 4.79 Å². The van der Waals surface area contributed by atoms with Crippen molar-refractivity contribution in [3.05, 3.63) is 0 Å². The molecule has 1 aliphatic rings. The summed E-state index contributed by atoms with van der Waals surface area (Å²) in [5.41, 5.74) is 5.53. The summed E-state index contributed by atoms with van der Waals surface area (Å²) in [6.07, 6.45) is 1.06. The van der Waals surface area contributed by atoms with Crippen molar-refractivity contribution in [3.8, 4) is 0 Å². The Morgan fingerprint density at radius 1 is 1.47 bits per heavy atom. The van der Waals surface area contributed by atoms with Gasteiger partial charge in [-0.05, 0) is 26.9 Å². The Kier molecular flexibility index (Phi) is 14.1. The molecule has 2 unspecified atom stereocenters. The van der Waals surface area contributed by atoms with Crippen LogP contribution in [-0.4, -0.2) is 55.0 Å². The SMILES string of the molecule is CC.CC(N)C(=O)N(C)C1CCN(C)C1.II. The number of likely N-dealkylation sites (N-methyl/N-ethyl adjacent to an activating group) is 2. The predicted molar refractivity (Wildman–Crippen MR) is 91.7 cm³/mol. The van der Waals surface area contributed by atoms with Crippen LogP contribution in [0.25, 0.3) is 0 Å². The average Bonchev–Trinajstić information content (AvgIpc) is 2.79. The largest absolute Gasteiger partial charge is 0.340 e. The first-order chi connectivity index (χ1) is 8.02. The molecule has 1 aliphatic heterocycles. The number of amides is 1. The molecule has 104 valence electrons. The Balaban J connectivity index is 0. The maximum Gasteiger partial charge on any atom is 0.239 e. The van der Waals surface area contributed by atoms with E-state index in [1.807, 2.05) is 20.9 Å². The van der Waals surface area contributed by atoms with Gasteiger partial charge in [-0.2, -0.15) is 0 Å². The predicted octanol–water partition coefficient (Wildman–Crippen LogP) is 2.29. The second-order valence-electron chi connectivity index (χ2n) is 3.94. The minimum absolute atomic E-state index is 0.0419. The lowest BCUT2D eigenvalue weighted by molar-refractivity contribution is -0.132. The highest BCUT2D eigenvalue weighted by Gasteiger charge is 2.27. The van der Waals surface area contributed by atoms with Gasteiger partial charge in [0.15, 0.2) is 0 Å². The van der Waals surface area contributed by atoms with E-state index in [9.17, 15) is 4.79 Å². The Hall–Kier alpha value is 0.850. The van der Waals surface area contributed by atoms with Gasteiger partial charge in [0.1, 0.15) is 0 Å². The van der Waals surface area contributed by atoms with E-state index in [-0.39, 0.29) is 11.9 Å². The van der Waals surface area contributed by atoms with Crippen molar-refractivity contribution >= 4 is 43.1 Å². The Bertz CT molecular complexity index is 203. The maximum atomic E-state index is 11.5. The minimum Gasteiger partial charge on any atom is -0.340 e. The summed E-state index contributed by atoms with van der Waals surface area (Å²) >= 11 is 4.24. The molecule has 0 aromatic rings. The highest BCUT2D eigenvalue weighted by atomic mass is 128. The molecule has 4 nitrogen and oxygen atoms in total.